The fourth-order valence-electron chi connectivity index (χ4n) is 3.32. The summed E-state index contributed by atoms with van der Waals surface area (Å²) in [6.07, 6.45) is 2.43. The number of rotatable bonds is 4. The Hall–Kier alpha value is -2.12. The summed E-state index contributed by atoms with van der Waals surface area (Å²) in [5, 5.41) is 9.99. The van der Waals surface area contributed by atoms with Gasteiger partial charge in [0.1, 0.15) is 16.7 Å². The van der Waals surface area contributed by atoms with Gasteiger partial charge in [0, 0.05) is 42.0 Å². The third kappa shape index (κ3) is 3.34. The molecule has 1 aliphatic heterocycles. The van der Waals surface area contributed by atoms with Crippen molar-refractivity contribution in [2.45, 2.75) is 26.8 Å². The van der Waals surface area contributed by atoms with E-state index in [-0.39, 0.29) is 18.5 Å². The van der Waals surface area contributed by atoms with Gasteiger partial charge in [-0.1, -0.05) is 11.6 Å². The summed E-state index contributed by atoms with van der Waals surface area (Å²) < 4.78 is 5.49. The minimum absolute atomic E-state index is 0.0601. The van der Waals surface area contributed by atoms with E-state index in [0.29, 0.717) is 30.5 Å². The van der Waals surface area contributed by atoms with E-state index in [2.05, 4.69) is 15.0 Å². The molecule has 1 aliphatic rings. The van der Waals surface area contributed by atoms with Crippen molar-refractivity contribution < 1.29 is 9.84 Å². The molecule has 0 spiro atoms. The van der Waals surface area contributed by atoms with E-state index in [0.717, 1.165) is 28.1 Å². The van der Waals surface area contributed by atoms with E-state index in [1.807, 2.05) is 18.7 Å². The Morgan fingerprint density at radius 3 is 2.84 bits per heavy atom. The van der Waals surface area contributed by atoms with Gasteiger partial charge in [0.2, 0.25) is 5.95 Å². The molecule has 2 aromatic heterocycles. The molecule has 0 fully saturated rings. The molecule has 25 heavy (non-hydrogen) atoms. The lowest BCUT2D eigenvalue weighted by molar-refractivity contribution is 0.223. The Balaban J connectivity index is 2.01. The topological polar surface area (TPSA) is 97.4 Å². The van der Waals surface area contributed by atoms with Gasteiger partial charge < -0.3 is 20.5 Å². The van der Waals surface area contributed by atoms with Crippen LogP contribution in [0, 0.1) is 19.8 Å². The summed E-state index contributed by atoms with van der Waals surface area (Å²) in [6.45, 7) is 5.20. The van der Waals surface area contributed by atoms with Crippen LogP contribution in [0.3, 0.4) is 0 Å². The van der Waals surface area contributed by atoms with Crippen LogP contribution < -0.4 is 15.4 Å². The normalized spacial score (nSPS) is 16.7. The summed E-state index contributed by atoms with van der Waals surface area (Å²) in [6, 6.07) is 0. The molecule has 134 valence electrons. The van der Waals surface area contributed by atoms with Crippen molar-refractivity contribution in [1.29, 1.82) is 0 Å². The molecule has 7 nitrogen and oxygen atoms in total. The Morgan fingerprint density at radius 1 is 1.40 bits per heavy atom. The molecule has 0 amide bonds. The standard InChI is InChI=1S/C17H22ClN5O2/c1-9-5-20-13(10(2)14(9)25-3)7-23-6-11(8-24)4-12-15(18)21-17(19)22-16(12)23/h5,11,24H,4,6-8H2,1-3H3,(H2,19,21,22). The maximum absolute atomic E-state index is 9.65. The van der Waals surface area contributed by atoms with Crippen LogP contribution in [0.5, 0.6) is 5.75 Å². The number of fused-ring (bicyclic) bond motifs is 1. The molecule has 1 atom stereocenters. The zero-order valence-electron chi connectivity index (χ0n) is 14.6. The number of halogens is 1. The highest BCUT2D eigenvalue weighted by molar-refractivity contribution is 6.30. The number of aliphatic hydroxyl groups is 1. The molecule has 3 heterocycles. The van der Waals surface area contributed by atoms with Crippen molar-refractivity contribution in [2.24, 2.45) is 5.92 Å². The highest BCUT2D eigenvalue weighted by Crippen LogP contribution is 2.34. The van der Waals surface area contributed by atoms with Crippen LogP contribution in [0.4, 0.5) is 11.8 Å². The van der Waals surface area contributed by atoms with Crippen LogP contribution in [0.1, 0.15) is 22.4 Å². The van der Waals surface area contributed by atoms with Gasteiger partial charge in [0.15, 0.2) is 0 Å². The molecule has 0 bridgehead atoms. The van der Waals surface area contributed by atoms with Gasteiger partial charge in [0.05, 0.1) is 19.3 Å². The fourth-order valence-corrected chi connectivity index (χ4v) is 3.57. The highest BCUT2D eigenvalue weighted by atomic mass is 35.5. The Bertz CT molecular complexity index is 799. The van der Waals surface area contributed by atoms with Gasteiger partial charge in [-0.3, -0.25) is 4.98 Å². The van der Waals surface area contributed by atoms with Gasteiger partial charge in [-0.05, 0) is 20.3 Å². The number of hydrogen-bond acceptors (Lipinski definition) is 7. The molecular formula is C17H22ClN5O2. The molecular weight excluding hydrogens is 342 g/mol. The van der Waals surface area contributed by atoms with Crippen LogP contribution in [0.2, 0.25) is 5.15 Å². The Kier molecular flexibility index (Phi) is 4.96. The van der Waals surface area contributed by atoms with E-state index < -0.39 is 0 Å². The lowest BCUT2D eigenvalue weighted by atomic mass is 9.96. The zero-order valence-corrected chi connectivity index (χ0v) is 15.3. The quantitative estimate of drug-likeness (QED) is 0.800. The third-order valence-electron chi connectivity index (χ3n) is 4.57. The summed E-state index contributed by atoms with van der Waals surface area (Å²) in [4.78, 5) is 15.0. The summed E-state index contributed by atoms with van der Waals surface area (Å²) in [5.41, 5.74) is 9.47. The number of hydrogen-bond donors (Lipinski definition) is 2. The van der Waals surface area contributed by atoms with Gasteiger partial charge in [-0.15, -0.1) is 0 Å². The number of aliphatic hydroxyl groups excluding tert-OH is 1. The highest BCUT2D eigenvalue weighted by Gasteiger charge is 2.29. The molecule has 3 rings (SSSR count). The van der Waals surface area contributed by atoms with Gasteiger partial charge in [0.25, 0.3) is 0 Å². The van der Waals surface area contributed by atoms with E-state index in [1.54, 1.807) is 13.3 Å². The van der Waals surface area contributed by atoms with Crippen LogP contribution >= 0.6 is 11.6 Å². The number of aryl methyl sites for hydroxylation is 1. The minimum Gasteiger partial charge on any atom is -0.496 e. The van der Waals surface area contributed by atoms with Gasteiger partial charge in [-0.25, -0.2) is 4.98 Å². The lowest BCUT2D eigenvalue weighted by Gasteiger charge is -2.34. The smallest absolute Gasteiger partial charge is 0.223 e. The number of aromatic nitrogens is 3. The van der Waals surface area contributed by atoms with Crippen LogP contribution in [-0.2, 0) is 13.0 Å². The first-order chi connectivity index (χ1) is 11.9. The number of ether oxygens (including phenoxy) is 1. The largest absolute Gasteiger partial charge is 0.496 e. The predicted octanol–water partition coefficient (Wildman–Crippen LogP) is 1.90. The second-order valence-electron chi connectivity index (χ2n) is 6.35. The van der Waals surface area contributed by atoms with Crippen LogP contribution in [0.15, 0.2) is 6.20 Å². The monoisotopic (exact) mass is 363 g/mol. The van der Waals surface area contributed by atoms with E-state index in [1.165, 1.54) is 0 Å². The van der Waals surface area contributed by atoms with Crippen molar-refractivity contribution in [1.82, 2.24) is 15.0 Å². The lowest BCUT2D eigenvalue weighted by Crippen LogP contribution is -2.38. The number of nitrogen functional groups attached to an aromatic ring is 1. The molecule has 0 saturated carbocycles. The Morgan fingerprint density at radius 2 is 2.16 bits per heavy atom. The first-order valence-corrected chi connectivity index (χ1v) is 8.49. The molecule has 1 unspecified atom stereocenters. The molecule has 0 aliphatic carbocycles. The second-order valence-corrected chi connectivity index (χ2v) is 6.71. The van der Waals surface area contributed by atoms with Crippen LogP contribution in [-0.4, -0.2) is 40.3 Å². The van der Waals surface area contributed by atoms with Crippen molar-refractivity contribution in [3.8, 4) is 5.75 Å². The van der Waals surface area contributed by atoms with Crippen LogP contribution in [0.25, 0.3) is 0 Å². The molecule has 0 saturated heterocycles. The second kappa shape index (κ2) is 7.01. The van der Waals surface area contributed by atoms with E-state index in [9.17, 15) is 5.11 Å². The number of nitrogens with two attached hydrogens (primary N) is 1. The fraction of sp³-hybridized carbons (Fsp3) is 0.471. The number of nitrogens with zero attached hydrogens (tertiary/aromatic N) is 4. The molecule has 8 heteroatoms. The predicted molar refractivity (Wildman–Crippen MR) is 97.0 cm³/mol. The summed E-state index contributed by atoms with van der Waals surface area (Å²) >= 11 is 6.26. The van der Waals surface area contributed by atoms with E-state index >= 15 is 0 Å². The molecule has 2 aromatic rings. The number of anilines is 2. The SMILES string of the molecule is COc1c(C)cnc(CN2CC(CO)Cc3c(Cl)nc(N)nc32)c1C. The van der Waals surface area contributed by atoms with Gasteiger partial charge >= 0.3 is 0 Å². The number of methoxy groups -OCH3 is 1. The molecule has 0 aromatic carbocycles. The van der Waals surface area contributed by atoms with Gasteiger partial charge in [-0.2, -0.15) is 4.98 Å². The minimum atomic E-state index is 0.0601. The molecule has 3 N–H and O–H groups in total. The van der Waals surface area contributed by atoms with Crippen molar-refractivity contribution in [3.05, 3.63) is 33.7 Å². The maximum atomic E-state index is 9.65. The van der Waals surface area contributed by atoms with Crippen molar-refractivity contribution in [2.75, 3.05) is 30.9 Å². The summed E-state index contributed by atoms with van der Waals surface area (Å²) in [7, 11) is 1.66. The zero-order chi connectivity index (χ0) is 18.1. The average molecular weight is 364 g/mol. The summed E-state index contributed by atoms with van der Waals surface area (Å²) in [5.74, 6) is 1.75. The number of pyridine rings is 1. The average Bonchev–Trinajstić information content (AvgIpc) is 2.58. The first kappa shape index (κ1) is 17.7. The molecule has 0 radical (unpaired) electrons. The Labute approximate surface area is 151 Å². The van der Waals surface area contributed by atoms with Crippen molar-refractivity contribution in [3.63, 3.8) is 0 Å². The van der Waals surface area contributed by atoms with E-state index in [4.69, 9.17) is 22.1 Å². The first-order valence-electron chi connectivity index (χ1n) is 8.11. The maximum Gasteiger partial charge on any atom is 0.223 e. The van der Waals surface area contributed by atoms with Crippen molar-refractivity contribution >= 4 is 23.4 Å². The third-order valence-corrected chi connectivity index (χ3v) is 4.88.